The molecule has 4 rings (SSSR count). The normalized spacial score (nSPS) is 21.7. The largest absolute Gasteiger partial charge is 0.340 e. The van der Waals surface area contributed by atoms with Crippen molar-refractivity contribution in [2.45, 2.75) is 51.0 Å². The number of thiophene rings is 1. The van der Waals surface area contributed by atoms with Crippen molar-refractivity contribution >= 4 is 17.2 Å². The van der Waals surface area contributed by atoms with Crippen LogP contribution in [0.5, 0.6) is 0 Å². The summed E-state index contributed by atoms with van der Waals surface area (Å²) in [5, 5.41) is 6.63. The van der Waals surface area contributed by atoms with E-state index in [2.05, 4.69) is 5.10 Å². The summed E-state index contributed by atoms with van der Waals surface area (Å²) in [5.74, 6) is 0.474. The van der Waals surface area contributed by atoms with Crippen LogP contribution in [0.2, 0.25) is 0 Å². The minimum absolute atomic E-state index is 0.0243. The Morgan fingerprint density at radius 3 is 2.69 bits per heavy atom. The first kappa shape index (κ1) is 17.5. The summed E-state index contributed by atoms with van der Waals surface area (Å²) in [7, 11) is 0. The third-order valence-corrected chi connectivity index (χ3v) is 6.50. The van der Waals surface area contributed by atoms with Crippen molar-refractivity contribution in [1.82, 2.24) is 14.7 Å². The molecule has 2 aromatic rings. The molecule has 0 bridgehead atoms. The van der Waals surface area contributed by atoms with Crippen LogP contribution in [0.15, 0.2) is 34.4 Å². The van der Waals surface area contributed by atoms with Crippen LogP contribution in [-0.2, 0) is 4.79 Å². The van der Waals surface area contributed by atoms with E-state index in [1.165, 1.54) is 6.42 Å². The van der Waals surface area contributed by atoms with E-state index in [1.807, 2.05) is 22.4 Å². The lowest BCUT2D eigenvalue weighted by Crippen LogP contribution is -2.46. The van der Waals surface area contributed by atoms with Crippen molar-refractivity contribution in [1.29, 1.82) is 0 Å². The van der Waals surface area contributed by atoms with Crippen LogP contribution < -0.4 is 5.56 Å². The smallest absolute Gasteiger partial charge is 0.267 e. The zero-order chi connectivity index (χ0) is 17.9. The Hall–Kier alpha value is -1.95. The summed E-state index contributed by atoms with van der Waals surface area (Å²) in [6, 6.07) is 7.37. The SMILES string of the molecule is O=C(C1CCCCC1)N1CCC[C@@H](n2nc(-c3cccs3)ccc2=O)C1. The van der Waals surface area contributed by atoms with Crippen LogP contribution >= 0.6 is 11.3 Å². The molecule has 1 saturated heterocycles. The predicted octanol–water partition coefficient (Wildman–Crippen LogP) is 3.72. The van der Waals surface area contributed by atoms with Crippen molar-refractivity contribution in [3.63, 3.8) is 0 Å². The molecule has 0 radical (unpaired) electrons. The molecule has 138 valence electrons. The summed E-state index contributed by atoms with van der Waals surface area (Å²) in [6.07, 6.45) is 7.45. The molecule has 5 nitrogen and oxygen atoms in total. The number of nitrogens with zero attached hydrogens (tertiary/aromatic N) is 3. The molecule has 1 amide bonds. The first-order valence-electron chi connectivity index (χ1n) is 9.65. The summed E-state index contributed by atoms with van der Waals surface area (Å²) < 4.78 is 1.61. The molecule has 6 heteroatoms. The highest BCUT2D eigenvalue weighted by atomic mass is 32.1. The number of rotatable bonds is 3. The maximum absolute atomic E-state index is 12.9. The van der Waals surface area contributed by atoms with Gasteiger partial charge in [-0.05, 0) is 43.2 Å². The van der Waals surface area contributed by atoms with Gasteiger partial charge in [0, 0.05) is 25.1 Å². The summed E-state index contributed by atoms with van der Waals surface area (Å²) >= 11 is 1.62. The lowest BCUT2D eigenvalue weighted by Gasteiger charge is -2.36. The number of piperidine rings is 1. The zero-order valence-electron chi connectivity index (χ0n) is 15.0. The number of hydrogen-bond donors (Lipinski definition) is 0. The average molecular weight is 372 g/mol. The topological polar surface area (TPSA) is 55.2 Å². The lowest BCUT2D eigenvalue weighted by molar-refractivity contribution is -0.138. The second kappa shape index (κ2) is 7.74. The highest BCUT2D eigenvalue weighted by molar-refractivity contribution is 7.13. The summed E-state index contributed by atoms with van der Waals surface area (Å²) in [4.78, 5) is 28.3. The Balaban J connectivity index is 1.53. The van der Waals surface area contributed by atoms with Gasteiger partial charge in [-0.1, -0.05) is 25.3 Å². The van der Waals surface area contributed by atoms with Gasteiger partial charge in [0.1, 0.15) is 5.69 Å². The molecule has 1 atom stereocenters. The van der Waals surface area contributed by atoms with E-state index in [1.54, 1.807) is 28.2 Å². The average Bonchev–Trinajstić information content (AvgIpc) is 3.23. The highest BCUT2D eigenvalue weighted by Gasteiger charge is 2.31. The molecule has 26 heavy (non-hydrogen) atoms. The van der Waals surface area contributed by atoms with Crippen molar-refractivity contribution in [3.05, 3.63) is 40.0 Å². The quantitative estimate of drug-likeness (QED) is 0.826. The molecule has 0 unspecified atom stereocenters. The molecule has 1 aliphatic carbocycles. The number of carbonyl (C=O) groups excluding carboxylic acids is 1. The van der Waals surface area contributed by atoms with Gasteiger partial charge in [0.05, 0.1) is 10.9 Å². The maximum Gasteiger partial charge on any atom is 0.267 e. The third-order valence-electron chi connectivity index (χ3n) is 5.61. The monoisotopic (exact) mass is 371 g/mol. The summed E-state index contributed by atoms with van der Waals surface area (Å²) in [5.41, 5.74) is 0.748. The number of likely N-dealkylation sites (tertiary alicyclic amines) is 1. The first-order valence-corrected chi connectivity index (χ1v) is 10.5. The Bertz CT molecular complexity index is 809. The standard InChI is InChI=1S/C20H25N3O2S/c24-19-11-10-17(18-9-5-13-26-18)21-23(19)16-8-4-12-22(14-16)20(25)15-6-2-1-3-7-15/h5,9-11,13,15-16H,1-4,6-8,12,14H2/t16-/m1/s1. The fraction of sp³-hybridized carbons (Fsp3) is 0.550. The van der Waals surface area contributed by atoms with Gasteiger partial charge in [-0.25, -0.2) is 4.68 Å². The van der Waals surface area contributed by atoms with Gasteiger partial charge in [0.2, 0.25) is 5.91 Å². The van der Waals surface area contributed by atoms with E-state index in [4.69, 9.17) is 0 Å². The van der Waals surface area contributed by atoms with Gasteiger partial charge in [-0.2, -0.15) is 5.10 Å². The lowest BCUT2D eigenvalue weighted by atomic mass is 9.87. The molecule has 2 fully saturated rings. The second-order valence-corrected chi connectivity index (χ2v) is 8.34. The molecule has 0 N–H and O–H groups in total. The minimum Gasteiger partial charge on any atom is -0.340 e. The number of hydrogen-bond acceptors (Lipinski definition) is 4. The van der Waals surface area contributed by atoms with Crippen LogP contribution in [0.1, 0.15) is 51.0 Å². The number of aromatic nitrogens is 2. The van der Waals surface area contributed by atoms with E-state index in [0.717, 1.165) is 55.6 Å². The van der Waals surface area contributed by atoms with Crippen LogP contribution in [0.4, 0.5) is 0 Å². The third kappa shape index (κ3) is 3.61. The molecule has 0 aromatic carbocycles. The van der Waals surface area contributed by atoms with Crippen molar-refractivity contribution in [2.24, 2.45) is 5.92 Å². The Labute approximate surface area is 157 Å². The minimum atomic E-state index is -0.0812. The molecule has 1 saturated carbocycles. The van der Waals surface area contributed by atoms with Gasteiger partial charge < -0.3 is 4.90 Å². The predicted molar refractivity (Wildman–Crippen MR) is 103 cm³/mol. The fourth-order valence-electron chi connectivity index (χ4n) is 4.20. The molecule has 2 aliphatic rings. The van der Waals surface area contributed by atoms with E-state index in [9.17, 15) is 9.59 Å². The van der Waals surface area contributed by atoms with Gasteiger partial charge >= 0.3 is 0 Å². The van der Waals surface area contributed by atoms with Crippen LogP contribution in [0, 0.1) is 5.92 Å². The van der Waals surface area contributed by atoms with Gasteiger partial charge in [0.25, 0.3) is 5.56 Å². The Morgan fingerprint density at radius 2 is 1.92 bits per heavy atom. The van der Waals surface area contributed by atoms with Crippen LogP contribution in [0.3, 0.4) is 0 Å². The van der Waals surface area contributed by atoms with E-state index in [-0.39, 0.29) is 23.4 Å². The fourth-order valence-corrected chi connectivity index (χ4v) is 4.90. The van der Waals surface area contributed by atoms with E-state index >= 15 is 0 Å². The van der Waals surface area contributed by atoms with Crippen LogP contribution in [-0.4, -0.2) is 33.7 Å². The molecular formula is C20H25N3O2S. The molecule has 2 aromatic heterocycles. The van der Waals surface area contributed by atoms with Gasteiger partial charge in [-0.3, -0.25) is 9.59 Å². The maximum atomic E-state index is 12.9. The molecule has 1 aliphatic heterocycles. The van der Waals surface area contributed by atoms with Crippen molar-refractivity contribution < 1.29 is 4.79 Å². The molecule has 3 heterocycles. The van der Waals surface area contributed by atoms with Gasteiger partial charge in [0.15, 0.2) is 0 Å². The zero-order valence-corrected chi connectivity index (χ0v) is 15.8. The summed E-state index contributed by atoms with van der Waals surface area (Å²) in [6.45, 7) is 1.42. The van der Waals surface area contributed by atoms with Crippen molar-refractivity contribution in [3.8, 4) is 10.6 Å². The molecular weight excluding hydrogens is 346 g/mol. The Kier molecular flexibility index (Phi) is 5.20. The number of carbonyl (C=O) groups is 1. The van der Waals surface area contributed by atoms with Gasteiger partial charge in [-0.15, -0.1) is 11.3 Å². The van der Waals surface area contributed by atoms with Crippen LogP contribution in [0.25, 0.3) is 10.6 Å². The molecule has 0 spiro atoms. The van der Waals surface area contributed by atoms with Crippen molar-refractivity contribution in [2.75, 3.05) is 13.1 Å². The first-order chi connectivity index (χ1) is 12.7. The highest BCUT2D eigenvalue weighted by Crippen LogP contribution is 2.29. The number of amides is 1. The Morgan fingerprint density at radius 1 is 1.08 bits per heavy atom. The van der Waals surface area contributed by atoms with E-state index < -0.39 is 0 Å². The second-order valence-electron chi connectivity index (χ2n) is 7.39. The van der Waals surface area contributed by atoms with E-state index in [0.29, 0.717) is 6.54 Å².